The van der Waals surface area contributed by atoms with E-state index in [0.717, 1.165) is 12.5 Å². The molecule has 3 nitrogen and oxygen atoms in total. The van der Waals surface area contributed by atoms with Crippen molar-refractivity contribution in [1.82, 2.24) is 4.90 Å². The van der Waals surface area contributed by atoms with E-state index in [1.807, 2.05) is 19.0 Å². The molecule has 1 saturated heterocycles. The molecule has 1 aromatic rings. The Morgan fingerprint density at radius 2 is 2.06 bits per heavy atom. The van der Waals surface area contributed by atoms with Gasteiger partial charge in [-0.3, -0.25) is 0 Å². The third-order valence-electron chi connectivity index (χ3n) is 3.31. The van der Waals surface area contributed by atoms with E-state index in [0.29, 0.717) is 24.8 Å². The summed E-state index contributed by atoms with van der Waals surface area (Å²) in [5.41, 5.74) is 6.23. The molecule has 0 bridgehead atoms. The van der Waals surface area contributed by atoms with Crippen LogP contribution < -0.4 is 10.6 Å². The summed E-state index contributed by atoms with van der Waals surface area (Å²) in [5.74, 6) is -1.69. The zero-order valence-corrected chi connectivity index (χ0v) is 10.1. The Bertz CT molecular complexity index is 420. The van der Waals surface area contributed by atoms with Gasteiger partial charge < -0.3 is 15.5 Å². The molecule has 1 heterocycles. The fraction of sp³-hybridized carbons (Fsp3) is 0.500. The number of rotatable bonds is 2. The molecule has 1 aliphatic rings. The first kappa shape index (κ1) is 12.1. The van der Waals surface area contributed by atoms with Crippen LogP contribution in [0.3, 0.4) is 0 Å². The number of benzene rings is 1. The van der Waals surface area contributed by atoms with E-state index < -0.39 is 11.6 Å². The predicted molar refractivity (Wildman–Crippen MR) is 65.1 cm³/mol. The van der Waals surface area contributed by atoms with Gasteiger partial charge in [0, 0.05) is 19.1 Å². The number of hydrogen-bond donors (Lipinski definition) is 1. The fourth-order valence-corrected chi connectivity index (χ4v) is 2.24. The molecule has 0 saturated carbocycles. The fourth-order valence-electron chi connectivity index (χ4n) is 2.24. The molecule has 1 atom stereocenters. The summed E-state index contributed by atoms with van der Waals surface area (Å²) < 4.78 is 26.9. The van der Waals surface area contributed by atoms with E-state index in [9.17, 15) is 8.78 Å². The first-order valence-corrected chi connectivity index (χ1v) is 5.65. The van der Waals surface area contributed by atoms with Crippen molar-refractivity contribution in [1.29, 1.82) is 0 Å². The molecule has 0 aromatic heterocycles. The highest BCUT2D eigenvalue weighted by Crippen LogP contribution is 2.31. The van der Waals surface area contributed by atoms with E-state index in [2.05, 4.69) is 4.90 Å². The minimum absolute atomic E-state index is 0.203. The van der Waals surface area contributed by atoms with E-state index >= 15 is 0 Å². The van der Waals surface area contributed by atoms with Gasteiger partial charge in [0.05, 0.1) is 11.4 Å². The second-order valence-electron chi connectivity index (χ2n) is 4.65. The van der Waals surface area contributed by atoms with Crippen LogP contribution >= 0.6 is 0 Å². The van der Waals surface area contributed by atoms with E-state index in [1.165, 1.54) is 6.07 Å². The normalized spacial score (nSPS) is 20.3. The molecular weight excluding hydrogens is 224 g/mol. The number of likely N-dealkylation sites (N-methyl/N-ethyl adjacent to an activating group) is 1. The Balaban J connectivity index is 2.27. The van der Waals surface area contributed by atoms with Crippen LogP contribution in [-0.2, 0) is 0 Å². The maximum Gasteiger partial charge on any atom is 0.184 e. The molecule has 1 aliphatic heterocycles. The third-order valence-corrected chi connectivity index (χ3v) is 3.31. The van der Waals surface area contributed by atoms with E-state index in [1.54, 1.807) is 0 Å². The van der Waals surface area contributed by atoms with Crippen LogP contribution in [0, 0.1) is 11.6 Å². The lowest BCUT2D eigenvalue weighted by molar-refractivity contribution is 0.315. The summed E-state index contributed by atoms with van der Waals surface area (Å²) in [5, 5.41) is 0. The lowest BCUT2D eigenvalue weighted by Gasteiger charge is -2.23. The maximum atomic E-state index is 13.7. The lowest BCUT2D eigenvalue weighted by Crippen LogP contribution is -2.32. The second kappa shape index (κ2) is 4.49. The molecule has 5 heteroatoms. The van der Waals surface area contributed by atoms with Gasteiger partial charge in [0.1, 0.15) is 0 Å². The summed E-state index contributed by atoms with van der Waals surface area (Å²) in [6.45, 7) is 1.38. The van der Waals surface area contributed by atoms with Crippen LogP contribution in [-0.4, -0.2) is 38.1 Å². The van der Waals surface area contributed by atoms with Crippen molar-refractivity contribution in [2.45, 2.75) is 12.5 Å². The summed E-state index contributed by atoms with van der Waals surface area (Å²) in [4.78, 5) is 3.91. The highest BCUT2D eigenvalue weighted by Gasteiger charge is 2.28. The van der Waals surface area contributed by atoms with Crippen LogP contribution in [0.2, 0.25) is 0 Å². The van der Waals surface area contributed by atoms with Crippen molar-refractivity contribution in [3.63, 3.8) is 0 Å². The smallest absolute Gasteiger partial charge is 0.184 e. The van der Waals surface area contributed by atoms with Gasteiger partial charge in [0.15, 0.2) is 11.6 Å². The van der Waals surface area contributed by atoms with Crippen molar-refractivity contribution in [3.8, 4) is 0 Å². The van der Waals surface area contributed by atoms with Gasteiger partial charge in [0.25, 0.3) is 0 Å². The number of nitrogens with zero attached hydrogens (tertiary/aromatic N) is 2. The van der Waals surface area contributed by atoms with Crippen LogP contribution in [0.1, 0.15) is 6.42 Å². The van der Waals surface area contributed by atoms with Gasteiger partial charge in [-0.15, -0.1) is 0 Å². The van der Waals surface area contributed by atoms with Gasteiger partial charge in [-0.2, -0.15) is 0 Å². The highest BCUT2D eigenvalue weighted by atomic mass is 19.2. The molecule has 94 valence electrons. The number of nitrogen functional groups attached to an aromatic ring is 1. The predicted octanol–water partition coefficient (Wildman–Crippen LogP) is 1.69. The van der Waals surface area contributed by atoms with Crippen molar-refractivity contribution in [3.05, 3.63) is 23.8 Å². The highest BCUT2D eigenvalue weighted by molar-refractivity contribution is 5.68. The molecule has 17 heavy (non-hydrogen) atoms. The molecule has 0 amide bonds. The topological polar surface area (TPSA) is 32.5 Å². The van der Waals surface area contributed by atoms with Crippen molar-refractivity contribution in [2.24, 2.45) is 0 Å². The second-order valence-corrected chi connectivity index (χ2v) is 4.65. The Kier molecular flexibility index (Phi) is 3.19. The Morgan fingerprint density at radius 1 is 1.35 bits per heavy atom. The van der Waals surface area contributed by atoms with Crippen molar-refractivity contribution in [2.75, 3.05) is 37.8 Å². The van der Waals surface area contributed by atoms with Crippen LogP contribution in [0.25, 0.3) is 0 Å². The summed E-state index contributed by atoms with van der Waals surface area (Å²) in [6.07, 6.45) is 0.933. The average Bonchev–Trinajstić information content (AvgIpc) is 2.73. The van der Waals surface area contributed by atoms with Crippen LogP contribution in [0.5, 0.6) is 0 Å². The van der Waals surface area contributed by atoms with Gasteiger partial charge in [0.2, 0.25) is 0 Å². The first-order chi connectivity index (χ1) is 8.00. The minimum Gasteiger partial charge on any atom is -0.397 e. The average molecular weight is 241 g/mol. The van der Waals surface area contributed by atoms with Gasteiger partial charge in [-0.25, -0.2) is 8.78 Å². The monoisotopic (exact) mass is 241 g/mol. The molecule has 1 aromatic carbocycles. The summed E-state index contributed by atoms with van der Waals surface area (Å²) >= 11 is 0. The summed E-state index contributed by atoms with van der Waals surface area (Å²) in [6, 6.07) is 2.83. The molecule has 1 fully saturated rings. The number of halogens is 2. The van der Waals surface area contributed by atoms with Crippen LogP contribution in [0.15, 0.2) is 12.1 Å². The summed E-state index contributed by atoms with van der Waals surface area (Å²) in [7, 11) is 3.97. The molecular formula is C12H17F2N3. The van der Waals surface area contributed by atoms with Gasteiger partial charge >= 0.3 is 0 Å². The molecule has 0 spiro atoms. The zero-order valence-electron chi connectivity index (χ0n) is 10.1. The molecule has 0 radical (unpaired) electrons. The number of hydrogen-bond acceptors (Lipinski definition) is 3. The Labute approximate surface area is 99.8 Å². The molecule has 0 aliphatic carbocycles. The first-order valence-electron chi connectivity index (χ1n) is 5.65. The quantitative estimate of drug-likeness (QED) is 0.800. The van der Waals surface area contributed by atoms with E-state index in [-0.39, 0.29) is 5.69 Å². The standard InChI is InChI=1S/C12H17F2N3/c1-16(2)8-5-6-17(7-8)12-10(15)4-3-9(13)11(12)14/h3-4,8H,5-7,15H2,1-2H3. The van der Waals surface area contributed by atoms with E-state index in [4.69, 9.17) is 5.73 Å². The SMILES string of the molecule is CN(C)C1CCN(c2c(N)ccc(F)c2F)C1. The Hall–Kier alpha value is -1.36. The lowest BCUT2D eigenvalue weighted by atomic mass is 10.2. The Morgan fingerprint density at radius 3 is 2.65 bits per heavy atom. The minimum atomic E-state index is -0.845. The molecule has 2 N–H and O–H groups in total. The van der Waals surface area contributed by atoms with Gasteiger partial charge in [-0.1, -0.05) is 0 Å². The van der Waals surface area contributed by atoms with Gasteiger partial charge in [-0.05, 0) is 32.6 Å². The zero-order chi connectivity index (χ0) is 12.6. The van der Waals surface area contributed by atoms with Crippen LogP contribution in [0.4, 0.5) is 20.2 Å². The van der Waals surface area contributed by atoms with Crippen molar-refractivity contribution < 1.29 is 8.78 Å². The third kappa shape index (κ3) is 2.20. The maximum absolute atomic E-state index is 13.7. The number of nitrogens with two attached hydrogens (primary N) is 1. The molecule has 1 unspecified atom stereocenters. The number of anilines is 2. The largest absolute Gasteiger partial charge is 0.397 e. The molecule has 2 rings (SSSR count). The van der Waals surface area contributed by atoms with Crippen molar-refractivity contribution >= 4 is 11.4 Å².